The van der Waals surface area contributed by atoms with Gasteiger partial charge >= 0.3 is 0 Å². The lowest BCUT2D eigenvalue weighted by molar-refractivity contribution is -0.139. The molecule has 1 aliphatic rings. The van der Waals surface area contributed by atoms with Gasteiger partial charge in [0.1, 0.15) is 5.75 Å². The fourth-order valence-corrected chi connectivity index (χ4v) is 4.71. The number of nitrogens with zero attached hydrogens (tertiary/aromatic N) is 2. The Kier molecular flexibility index (Phi) is 5.73. The minimum absolute atomic E-state index is 0.00305. The summed E-state index contributed by atoms with van der Waals surface area (Å²) < 4.78 is 28.9. The Hall–Kier alpha value is -1.78. The molecule has 0 unspecified atom stereocenters. The zero-order chi connectivity index (χ0) is 17.9. The maximum Gasteiger partial charge on any atom is 0.263 e. The lowest BCUT2D eigenvalue weighted by Gasteiger charge is -2.29. The number of rotatable bonds is 5. The predicted molar refractivity (Wildman–Crippen MR) is 90.7 cm³/mol. The smallest absolute Gasteiger partial charge is 0.263 e. The van der Waals surface area contributed by atoms with Gasteiger partial charge in [0, 0.05) is 12.6 Å². The molecule has 130 valence electrons. The summed E-state index contributed by atoms with van der Waals surface area (Å²) in [5.74, 6) is 0.140. The monoisotopic (exact) mass is 370 g/mol. The standard InChI is InChI=1S/C16H19ClN2O4S/c1-3-19(13-6-7-24(21,22)10-13)16(20)11(2)23-15-5-4-12(9-18)8-14(15)17/h4-5,8,11,13H,3,6-7,10H2,1-2H3/t11-,13-/m1/s1. The van der Waals surface area contributed by atoms with Crippen LogP contribution in [0.2, 0.25) is 5.02 Å². The molecule has 2 atom stereocenters. The number of amides is 1. The third-order valence-electron chi connectivity index (χ3n) is 3.99. The van der Waals surface area contributed by atoms with Crippen molar-refractivity contribution in [1.29, 1.82) is 5.26 Å². The molecule has 1 aromatic carbocycles. The first-order valence-electron chi connectivity index (χ1n) is 7.64. The van der Waals surface area contributed by atoms with E-state index in [1.807, 2.05) is 13.0 Å². The van der Waals surface area contributed by atoms with Crippen molar-refractivity contribution in [2.24, 2.45) is 0 Å². The number of hydrogen-bond donors (Lipinski definition) is 0. The van der Waals surface area contributed by atoms with Gasteiger partial charge in [-0.05, 0) is 38.5 Å². The largest absolute Gasteiger partial charge is 0.479 e. The van der Waals surface area contributed by atoms with Crippen LogP contribution in [0.5, 0.6) is 5.75 Å². The molecule has 1 amide bonds. The molecule has 0 N–H and O–H groups in total. The summed E-state index contributed by atoms with van der Waals surface area (Å²) in [4.78, 5) is 14.2. The van der Waals surface area contributed by atoms with E-state index in [0.29, 0.717) is 24.3 Å². The van der Waals surface area contributed by atoms with Crippen LogP contribution in [0.3, 0.4) is 0 Å². The summed E-state index contributed by atoms with van der Waals surface area (Å²) in [5, 5.41) is 9.08. The fraction of sp³-hybridized carbons (Fsp3) is 0.500. The van der Waals surface area contributed by atoms with Crippen LogP contribution < -0.4 is 4.74 Å². The van der Waals surface area contributed by atoms with Crippen molar-refractivity contribution >= 4 is 27.3 Å². The van der Waals surface area contributed by atoms with Gasteiger partial charge in [0.25, 0.3) is 5.91 Å². The van der Waals surface area contributed by atoms with Crippen LogP contribution in [0.4, 0.5) is 0 Å². The lowest BCUT2D eigenvalue weighted by Crippen LogP contribution is -2.46. The molecule has 0 radical (unpaired) electrons. The van der Waals surface area contributed by atoms with Gasteiger partial charge < -0.3 is 9.64 Å². The average Bonchev–Trinajstić information content (AvgIpc) is 2.89. The molecule has 1 fully saturated rings. The number of ether oxygens (including phenoxy) is 1. The van der Waals surface area contributed by atoms with Crippen molar-refractivity contribution in [3.63, 3.8) is 0 Å². The molecule has 2 rings (SSSR count). The molecule has 1 aliphatic heterocycles. The second-order valence-corrected chi connectivity index (χ2v) is 8.33. The van der Waals surface area contributed by atoms with E-state index in [1.165, 1.54) is 6.07 Å². The first-order valence-corrected chi connectivity index (χ1v) is 9.84. The van der Waals surface area contributed by atoms with Crippen molar-refractivity contribution in [3.05, 3.63) is 28.8 Å². The Labute approximate surface area is 146 Å². The molecule has 24 heavy (non-hydrogen) atoms. The van der Waals surface area contributed by atoms with E-state index >= 15 is 0 Å². The molecule has 0 bridgehead atoms. The van der Waals surface area contributed by atoms with Gasteiger partial charge in [-0.2, -0.15) is 5.26 Å². The molecular weight excluding hydrogens is 352 g/mol. The number of carbonyl (C=O) groups is 1. The number of likely N-dealkylation sites (N-methyl/N-ethyl adjacent to an activating group) is 1. The van der Waals surface area contributed by atoms with Gasteiger partial charge in [0.2, 0.25) is 0 Å². The average molecular weight is 371 g/mol. The van der Waals surface area contributed by atoms with Gasteiger partial charge in [-0.25, -0.2) is 8.42 Å². The summed E-state index contributed by atoms with van der Waals surface area (Å²) in [6, 6.07) is 6.23. The third-order valence-corrected chi connectivity index (χ3v) is 6.03. The van der Waals surface area contributed by atoms with E-state index < -0.39 is 15.9 Å². The van der Waals surface area contributed by atoms with Crippen LogP contribution >= 0.6 is 11.6 Å². The van der Waals surface area contributed by atoms with E-state index in [9.17, 15) is 13.2 Å². The van der Waals surface area contributed by atoms with Gasteiger partial charge in [-0.3, -0.25) is 4.79 Å². The highest BCUT2D eigenvalue weighted by molar-refractivity contribution is 7.91. The van der Waals surface area contributed by atoms with Crippen molar-refractivity contribution < 1.29 is 17.9 Å². The Bertz CT molecular complexity index is 773. The fourth-order valence-electron chi connectivity index (χ4n) is 2.76. The van der Waals surface area contributed by atoms with E-state index in [0.717, 1.165) is 0 Å². The Morgan fingerprint density at radius 1 is 1.54 bits per heavy atom. The van der Waals surface area contributed by atoms with Crippen LogP contribution in [0, 0.1) is 11.3 Å². The molecule has 1 aromatic rings. The first-order chi connectivity index (χ1) is 11.3. The molecule has 0 aromatic heterocycles. The molecule has 0 spiro atoms. The van der Waals surface area contributed by atoms with Crippen LogP contribution in [0.25, 0.3) is 0 Å². The molecular formula is C16H19ClN2O4S. The Balaban J connectivity index is 2.09. The normalized spacial score (nSPS) is 20.2. The Morgan fingerprint density at radius 3 is 2.75 bits per heavy atom. The highest BCUT2D eigenvalue weighted by Crippen LogP contribution is 2.27. The summed E-state index contributed by atoms with van der Waals surface area (Å²) in [7, 11) is -3.07. The van der Waals surface area contributed by atoms with Gasteiger partial charge in [-0.15, -0.1) is 0 Å². The molecule has 1 heterocycles. The number of hydrogen-bond acceptors (Lipinski definition) is 5. The van der Waals surface area contributed by atoms with Crippen molar-refractivity contribution in [2.75, 3.05) is 18.1 Å². The van der Waals surface area contributed by atoms with E-state index in [2.05, 4.69) is 0 Å². The van der Waals surface area contributed by atoms with Crippen molar-refractivity contribution in [3.8, 4) is 11.8 Å². The first kappa shape index (κ1) is 18.6. The summed E-state index contributed by atoms with van der Waals surface area (Å²) in [6.45, 7) is 3.82. The number of nitriles is 1. The van der Waals surface area contributed by atoms with Gasteiger partial charge in [-0.1, -0.05) is 11.6 Å². The number of halogens is 1. The van der Waals surface area contributed by atoms with Crippen LogP contribution in [-0.2, 0) is 14.6 Å². The van der Waals surface area contributed by atoms with E-state index in [-0.39, 0.29) is 28.5 Å². The molecule has 6 nitrogen and oxygen atoms in total. The minimum Gasteiger partial charge on any atom is -0.479 e. The number of sulfone groups is 1. The molecule has 1 saturated heterocycles. The SMILES string of the molecule is CCN(C(=O)[C@@H](C)Oc1ccc(C#N)cc1Cl)[C@@H]1CCS(=O)(=O)C1. The topological polar surface area (TPSA) is 87.5 Å². The Morgan fingerprint density at radius 2 is 2.25 bits per heavy atom. The maximum atomic E-state index is 12.6. The summed E-state index contributed by atoms with van der Waals surface area (Å²) >= 11 is 6.05. The van der Waals surface area contributed by atoms with Crippen molar-refractivity contribution in [1.82, 2.24) is 4.90 Å². The zero-order valence-corrected chi connectivity index (χ0v) is 15.1. The maximum absolute atomic E-state index is 12.6. The predicted octanol–water partition coefficient (Wildman–Crippen LogP) is 2.01. The molecule has 0 saturated carbocycles. The summed E-state index contributed by atoms with van der Waals surface area (Å²) in [5.41, 5.74) is 0.401. The zero-order valence-electron chi connectivity index (χ0n) is 13.5. The lowest BCUT2D eigenvalue weighted by atomic mass is 10.2. The molecule has 0 aliphatic carbocycles. The second-order valence-electron chi connectivity index (χ2n) is 5.70. The third kappa shape index (κ3) is 4.19. The quantitative estimate of drug-likeness (QED) is 0.791. The molecule has 8 heteroatoms. The van der Waals surface area contributed by atoms with E-state index in [4.69, 9.17) is 21.6 Å². The van der Waals surface area contributed by atoms with Gasteiger partial charge in [0.05, 0.1) is 28.2 Å². The van der Waals surface area contributed by atoms with Gasteiger partial charge in [0.15, 0.2) is 15.9 Å². The number of carbonyl (C=O) groups excluding carboxylic acids is 1. The van der Waals surface area contributed by atoms with Crippen LogP contribution in [0.1, 0.15) is 25.8 Å². The number of benzene rings is 1. The van der Waals surface area contributed by atoms with Crippen molar-refractivity contribution in [2.45, 2.75) is 32.4 Å². The summed E-state index contributed by atoms with van der Waals surface area (Å²) in [6.07, 6.45) is -0.356. The van der Waals surface area contributed by atoms with Crippen LogP contribution in [-0.4, -0.2) is 49.4 Å². The highest BCUT2D eigenvalue weighted by Gasteiger charge is 2.35. The highest BCUT2D eigenvalue weighted by atomic mass is 35.5. The second kappa shape index (κ2) is 7.41. The van der Waals surface area contributed by atoms with E-state index in [1.54, 1.807) is 24.0 Å². The van der Waals surface area contributed by atoms with Crippen LogP contribution in [0.15, 0.2) is 18.2 Å². The minimum atomic E-state index is -3.07.